The topological polar surface area (TPSA) is 105 Å². The van der Waals surface area contributed by atoms with Gasteiger partial charge in [-0.1, -0.05) is 37.3 Å². The van der Waals surface area contributed by atoms with Gasteiger partial charge in [-0.25, -0.2) is 4.39 Å². The zero-order valence-corrected chi connectivity index (χ0v) is 19.7. The van der Waals surface area contributed by atoms with E-state index in [4.69, 9.17) is 4.74 Å². The maximum absolute atomic E-state index is 13.1. The Bertz CT molecular complexity index is 1060. The average Bonchev–Trinajstić information content (AvgIpc) is 2.74. The van der Waals surface area contributed by atoms with Crippen molar-refractivity contribution in [3.8, 4) is 11.1 Å². The van der Waals surface area contributed by atoms with E-state index in [1.165, 1.54) is 0 Å². The van der Waals surface area contributed by atoms with Crippen LogP contribution in [0.2, 0.25) is 0 Å². The van der Waals surface area contributed by atoms with Crippen LogP contribution in [0.5, 0.6) is 0 Å². The lowest BCUT2D eigenvalue weighted by molar-refractivity contribution is -0.156. The number of aromatic amines is 1. The second-order valence-corrected chi connectivity index (χ2v) is 8.85. The first kappa shape index (κ1) is 26.0. The van der Waals surface area contributed by atoms with Crippen LogP contribution in [0.4, 0.5) is 4.39 Å². The lowest BCUT2D eigenvalue weighted by Gasteiger charge is -2.24. The molecule has 1 aromatic carbocycles. The Kier molecular flexibility index (Phi) is 8.68. The fourth-order valence-electron chi connectivity index (χ4n) is 3.66. The number of H-pyrrole nitrogens is 1. The van der Waals surface area contributed by atoms with Gasteiger partial charge >= 0.3 is 5.97 Å². The molecule has 2 rings (SSSR count). The Morgan fingerprint density at radius 3 is 2.33 bits per heavy atom. The summed E-state index contributed by atoms with van der Waals surface area (Å²) in [6.07, 6.45) is 1.36. The number of amides is 1. The largest absolute Gasteiger partial charge is 0.460 e. The first-order valence-electron chi connectivity index (χ1n) is 10.9. The van der Waals surface area contributed by atoms with E-state index in [9.17, 15) is 23.6 Å². The van der Waals surface area contributed by atoms with E-state index in [1.54, 1.807) is 40.8 Å². The second-order valence-electron chi connectivity index (χ2n) is 8.85. The second kappa shape index (κ2) is 11.0. The van der Waals surface area contributed by atoms with E-state index >= 15 is 0 Å². The quantitative estimate of drug-likeness (QED) is 0.559. The SMILES string of the molecule is CCC(C(=O)NC(CC(=O)OC(C)(C)C)C(=O)CF)c1c(C)c(-c2ccccc2)c[nH]c1=O. The van der Waals surface area contributed by atoms with Gasteiger partial charge in [-0.05, 0) is 45.2 Å². The number of aromatic nitrogens is 1. The lowest BCUT2D eigenvalue weighted by atomic mass is 9.89. The number of carbonyl (C=O) groups excluding carboxylic acids is 3. The number of hydrogen-bond donors (Lipinski definition) is 2. The van der Waals surface area contributed by atoms with Gasteiger partial charge in [0.1, 0.15) is 18.3 Å². The predicted molar refractivity (Wildman–Crippen MR) is 124 cm³/mol. The number of carbonyl (C=O) groups is 3. The monoisotopic (exact) mass is 458 g/mol. The van der Waals surface area contributed by atoms with Crippen LogP contribution in [0.1, 0.15) is 57.6 Å². The molecule has 0 bridgehead atoms. The molecule has 1 amide bonds. The summed E-state index contributed by atoms with van der Waals surface area (Å²) in [7, 11) is 0. The van der Waals surface area contributed by atoms with Gasteiger partial charge in [0.25, 0.3) is 5.56 Å². The van der Waals surface area contributed by atoms with E-state index in [0.29, 0.717) is 5.56 Å². The minimum Gasteiger partial charge on any atom is -0.460 e. The number of benzene rings is 1. The van der Waals surface area contributed by atoms with Gasteiger partial charge < -0.3 is 15.0 Å². The highest BCUT2D eigenvalue weighted by molar-refractivity contribution is 5.94. The summed E-state index contributed by atoms with van der Waals surface area (Å²) in [6.45, 7) is 7.14. The molecule has 178 valence electrons. The molecule has 2 N–H and O–H groups in total. The number of esters is 1. The normalized spacial score (nSPS) is 13.2. The van der Waals surface area contributed by atoms with Crippen LogP contribution in [-0.4, -0.2) is 41.0 Å². The molecule has 0 spiro atoms. The molecule has 0 saturated carbocycles. The summed E-state index contributed by atoms with van der Waals surface area (Å²) >= 11 is 0. The average molecular weight is 459 g/mol. The smallest absolute Gasteiger partial charge is 0.308 e. The molecule has 1 heterocycles. The van der Waals surface area contributed by atoms with E-state index < -0.39 is 53.9 Å². The van der Waals surface area contributed by atoms with Crippen molar-refractivity contribution in [1.82, 2.24) is 10.3 Å². The van der Waals surface area contributed by atoms with Crippen LogP contribution in [0.25, 0.3) is 11.1 Å². The number of rotatable bonds is 9. The van der Waals surface area contributed by atoms with Crippen molar-refractivity contribution in [2.75, 3.05) is 6.67 Å². The highest BCUT2D eigenvalue weighted by atomic mass is 19.1. The number of alkyl halides is 1. The number of ketones is 1. The van der Waals surface area contributed by atoms with Gasteiger partial charge in [-0.3, -0.25) is 19.2 Å². The van der Waals surface area contributed by atoms with E-state index in [2.05, 4.69) is 10.3 Å². The van der Waals surface area contributed by atoms with Crippen LogP contribution in [0.15, 0.2) is 41.3 Å². The third-order valence-corrected chi connectivity index (χ3v) is 5.19. The Hall–Kier alpha value is -3.29. The Morgan fingerprint density at radius 1 is 1.15 bits per heavy atom. The highest BCUT2D eigenvalue weighted by Gasteiger charge is 2.31. The van der Waals surface area contributed by atoms with Crippen molar-refractivity contribution >= 4 is 17.7 Å². The molecular weight excluding hydrogens is 427 g/mol. The van der Waals surface area contributed by atoms with Crippen LogP contribution in [0, 0.1) is 6.92 Å². The Balaban J connectivity index is 2.35. The van der Waals surface area contributed by atoms with Crippen molar-refractivity contribution in [1.29, 1.82) is 0 Å². The minimum absolute atomic E-state index is 0.261. The van der Waals surface area contributed by atoms with Crippen molar-refractivity contribution in [3.63, 3.8) is 0 Å². The van der Waals surface area contributed by atoms with Crippen LogP contribution in [-0.2, 0) is 19.1 Å². The summed E-state index contributed by atoms with van der Waals surface area (Å²) in [5.41, 5.74) is 1.32. The molecule has 0 fully saturated rings. The molecule has 33 heavy (non-hydrogen) atoms. The zero-order chi connectivity index (χ0) is 24.8. The van der Waals surface area contributed by atoms with E-state index in [-0.39, 0.29) is 12.0 Å². The lowest BCUT2D eigenvalue weighted by Crippen LogP contribution is -2.46. The van der Waals surface area contributed by atoms with Gasteiger partial charge in [0.15, 0.2) is 5.78 Å². The molecule has 1 aromatic heterocycles. The molecule has 2 unspecified atom stereocenters. The molecule has 7 nitrogen and oxygen atoms in total. The third kappa shape index (κ3) is 6.84. The van der Waals surface area contributed by atoms with Crippen molar-refractivity contribution in [3.05, 3.63) is 58.0 Å². The fourth-order valence-corrected chi connectivity index (χ4v) is 3.66. The van der Waals surface area contributed by atoms with Crippen LogP contribution < -0.4 is 10.9 Å². The number of halogens is 1. The third-order valence-electron chi connectivity index (χ3n) is 5.19. The van der Waals surface area contributed by atoms with Gasteiger partial charge in [-0.15, -0.1) is 0 Å². The number of nitrogens with one attached hydrogen (secondary N) is 2. The molecule has 0 radical (unpaired) electrons. The number of pyridine rings is 1. The predicted octanol–water partition coefficient (Wildman–Crippen LogP) is 3.60. The number of ether oxygens (including phenoxy) is 1. The van der Waals surface area contributed by atoms with Crippen molar-refractivity contribution in [2.45, 2.75) is 65.0 Å². The fraction of sp³-hybridized carbons (Fsp3) is 0.440. The standard InChI is InChI=1S/C25H31FN2O5/c1-6-17(22-15(2)18(14-27-24(22)32)16-10-8-7-9-11-16)23(31)28-19(20(29)13-26)12-21(30)33-25(3,4)5/h7-11,14,17,19H,6,12-13H2,1-5H3,(H,27,32)(H,28,31). The highest BCUT2D eigenvalue weighted by Crippen LogP contribution is 2.28. The zero-order valence-electron chi connectivity index (χ0n) is 19.7. The minimum atomic E-state index is -1.39. The van der Waals surface area contributed by atoms with Gasteiger partial charge in [0, 0.05) is 17.3 Å². The summed E-state index contributed by atoms with van der Waals surface area (Å²) < 4.78 is 18.3. The van der Waals surface area contributed by atoms with Gasteiger partial charge in [0.05, 0.1) is 12.3 Å². The van der Waals surface area contributed by atoms with Crippen molar-refractivity contribution in [2.24, 2.45) is 0 Å². The molecule has 0 aliphatic rings. The van der Waals surface area contributed by atoms with Crippen LogP contribution in [0.3, 0.4) is 0 Å². The molecule has 8 heteroatoms. The number of hydrogen-bond acceptors (Lipinski definition) is 5. The summed E-state index contributed by atoms with van der Waals surface area (Å²) in [5, 5.41) is 2.47. The number of Topliss-reactive ketones (excluding diaryl/α,β-unsaturated/α-hetero) is 1. The summed E-state index contributed by atoms with van der Waals surface area (Å²) in [5.74, 6) is -3.20. The molecule has 0 aliphatic heterocycles. The molecular formula is C25H31FN2O5. The summed E-state index contributed by atoms with van der Waals surface area (Å²) in [6, 6.07) is 8.01. The van der Waals surface area contributed by atoms with Crippen LogP contribution >= 0.6 is 0 Å². The molecule has 0 saturated heterocycles. The molecule has 2 aromatic rings. The molecule has 2 atom stereocenters. The Labute approximate surface area is 192 Å². The molecule has 0 aliphatic carbocycles. The van der Waals surface area contributed by atoms with Gasteiger partial charge in [0.2, 0.25) is 5.91 Å². The van der Waals surface area contributed by atoms with Gasteiger partial charge in [-0.2, -0.15) is 0 Å². The van der Waals surface area contributed by atoms with E-state index in [1.807, 2.05) is 30.3 Å². The maximum Gasteiger partial charge on any atom is 0.308 e. The van der Waals surface area contributed by atoms with E-state index in [0.717, 1.165) is 11.1 Å². The summed E-state index contributed by atoms with van der Waals surface area (Å²) in [4.78, 5) is 52.8. The first-order valence-corrected chi connectivity index (χ1v) is 10.9. The first-order chi connectivity index (χ1) is 15.5. The van der Waals surface area contributed by atoms with Crippen molar-refractivity contribution < 1.29 is 23.5 Å². The maximum atomic E-state index is 13.1. The Morgan fingerprint density at radius 2 is 1.79 bits per heavy atom.